The molecular weight excluding hydrogens is 288 g/mol. The van der Waals surface area contributed by atoms with E-state index in [4.69, 9.17) is 0 Å². The number of aromatic nitrogens is 2. The van der Waals surface area contributed by atoms with Gasteiger partial charge in [-0.15, -0.1) is 0 Å². The standard InChI is InChI=1S/C18H30N4O/c1-3-15-14(2)16(21-20-15)17(23)19-18(9-5-4-6-10-18)13-22-11-7-8-12-22/h3-13H2,1-2H3,(H,19,23)(H,20,21). The van der Waals surface area contributed by atoms with E-state index in [2.05, 4.69) is 27.3 Å². The van der Waals surface area contributed by atoms with E-state index >= 15 is 0 Å². The molecule has 5 heteroatoms. The second-order valence-corrected chi connectivity index (χ2v) is 7.31. The molecule has 2 heterocycles. The maximum atomic E-state index is 12.8. The highest BCUT2D eigenvalue weighted by atomic mass is 16.2. The summed E-state index contributed by atoms with van der Waals surface area (Å²) < 4.78 is 0. The Morgan fingerprint density at radius 3 is 2.52 bits per heavy atom. The fraction of sp³-hybridized carbons (Fsp3) is 0.778. The summed E-state index contributed by atoms with van der Waals surface area (Å²) in [7, 11) is 0. The van der Waals surface area contributed by atoms with Crippen LogP contribution < -0.4 is 5.32 Å². The van der Waals surface area contributed by atoms with Crippen molar-refractivity contribution >= 4 is 5.91 Å². The lowest BCUT2D eigenvalue weighted by atomic mass is 9.81. The molecule has 5 nitrogen and oxygen atoms in total. The lowest BCUT2D eigenvalue weighted by molar-refractivity contribution is 0.0816. The number of nitrogens with zero attached hydrogens (tertiary/aromatic N) is 2. The Labute approximate surface area is 139 Å². The van der Waals surface area contributed by atoms with E-state index in [1.54, 1.807) is 0 Å². The molecule has 0 atom stereocenters. The summed E-state index contributed by atoms with van der Waals surface area (Å²) in [6.07, 6.45) is 9.38. The largest absolute Gasteiger partial charge is 0.344 e. The normalized spacial score (nSPS) is 21.5. The molecule has 2 aliphatic rings. The van der Waals surface area contributed by atoms with Crippen molar-refractivity contribution in [3.05, 3.63) is 17.0 Å². The van der Waals surface area contributed by atoms with Crippen molar-refractivity contribution in [1.82, 2.24) is 20.4 Å². The Kier molecular flexibility index (Phi) is 5.05. The molecule has 3 rings (SSSR count). The van der Waals surface area contributed by atoms with Gasteiger partial charge in [-0.3, -0.25) is 9.89 Å². The molecule has 0 unspecified atom stereocenters. The minimum absolute atomic E-state index is 0.000420. The van der Waals surface area contributed by atoms with Crippen LogP contribution in [0, 0.1) is 6.92 Å². The van der Waals surface area contributed by atoms with Crippen LogP contribution in [0.4, 0.5) is 0 Å². The van der Waals surface area contributed by atoms with Gasteiger partial charge in [0.1, 0.15) is 0 Å². The molecule has 1 amide bonds. The van der Waals surface area contributed by atoms with E-state index in [-0.39, 0.29) is 11.4 Å². The molecule has 0 radical (unpaired) electrons. The van der Waals surface area contributed by atoms with Crippen molar-refractivity contribution in [3.63, 3.8) is 0 Å². The van der Waals surface area contributed by atoms with Gasteiger partial charge in [-0.05, 0) is 52.1 Å². The van der Waals surface area contributed by atoms with Gasteiger partial charge in [0.2, 0.25) is 0 Å². The Hall–Kier alpha value is -1.36. The maximum Gasteiger partial charge on any atom is 0.272 e. The van der Waals surface area contributed by atoms with Gasteiger partial charge < -0.3 is 10.2 Å². The van der Waals surface area contributed by atoms with Crippen LogP contribution >= 0.6 is 0 Å². The average Bonchev–Trinajstić information content (AvgIpc) is 3.17. The van der Waals surface area contributed by atoms with E-state index in [1.807, 2.05) is 6.92 Å². The lowest BCUT2D eigenvalue weighted by Gasteiger charge is -2.40. The quantitative estimate of drug-likeness (QED) is 0.877. The summed E-state index contributed by atoms with van der Waals surface area (Å²) in [4.78, 5) is 15.4. The lowest BCUT2D eigenvalue weighted by Crippen LogP contribution is -2.56. The number of carbonyl (C=O) groups excluding carboxylic acids is 1. The van der Waals surface area contributed by atoms with Crippen LogP contribution in [0.15, 0.2) is 0 Å². The third-order valence-electron chi connectivity index (χ3n) is 5.59. The first kappa shape index (κ1) is 16.5. The number of nitrogens with one attached hydrogen (secondary N) is 2. The number of hydrogen-bond donors (Lipinski definition) is 2. The topological polar surface area (TPSA) is 61.0 Å². The monoisotopic (exact) mass is 318 g/mol. The zero-order chi connectivity index (χ0) is 16.3. The van der Waals surface area contributed by atoms with Crippen LogP contribution in [0.3, 0.4) is 0 Å². The summed E-state index contributed by atoms with van der Waals surface area (Å²) >= 11 is 0. The van der Waals surface area contributed by atoms with Crippen molar-refractivity contribution < 1.29 is 4.79 Å². The van der Waals surface area contributed by atoms with Gasteiger partial charge in [-0.2, -0.15) is 5.10 Å². The number of rotatable bonds is 5. The molecule has 0 bridgehead atoms. The van der Waals surface area contributed by atoms with Gasteiger partial charge in [-0.1, -0.05) is 26.2 Å². The average molecular weight is 318 g/mol. The highest BCUT2D eigenvalue weighted by molar-refractivity contribution is 5.94. The van der Waals surface area contributed by atoms with Gasteiger partial charge in [0.05, 0.1) is 5.54 Å². The highest BCUT2D eigenvalue weighted by Gasteiger charge is 2.36. The van der Waals surface area contributed by atoms with Crippen molar-refractivity contribution in [1.29, 1.82) is 0 Å². The number of aryl methyl sites for hydroxylation is 1. The minimum atomic E-state index is -0.0581. The van der Waals surface area contributed by atoms with Crippen LogP contribution in [0.1, 0.15) is 73.6 Å². The van der Waals surface area contributed by atoms with Gasteiger partial charge in [0.25, 0.3) is 5.91 Å². The molecule has 1 aliphatic carbocycles. The Morgan fingerprint density at radius 1 is 1.22 bits per heavy atom. The molecule has 1 saturated heterocycles. The highest BCUT2D eigenvalue weighted by Crippen LogP contribution is 2.30. The zero-order valence-electron chi connectivity index (χ0n) is 14.6. The van der Waals surface area contributed by atoms with Crippen molar-refractivity contribution in [3.8, 4) is 0 Å². The van der Waals surface area contributed by atoms with Crippen LogP contribution in [0.2, 0.25) is 0 Å². The second-order valence-electron chi connectivity index (χ2n) is 7.31. The first-order valence-electron chi connectivity index (χ1n) is 9.22. The van der Waals surface area contributed by atoms with Gasteiger partial charge >= 0.3 is 0 Å². The first-order valence-corrected chi connectivity index (χ1v) is 9.22. The SMILES string of the molecule is CCc1[nH]nc(C(=O)NC2(CN3CCCC3)CCCCC2)c1C. The molecule has 2 fully saturated rings. The molecular formula is C18H30N4O. The molecule has 0 aromatic carbocycles. The van der Waals surface area contributed by atoms with E-state index in [1.165, 1.54) is 45.2 Å². The number of aromatic amines is 1. The Bertz CT molecular complexity index is 539. The predicted molar refractivity (Wildman–Crippen MR) is 91.7 cm³/mol. The smallest absolute Gasteiger partial charge is 0.272 e. The van der Waals surface area contributed by atoms with Crippen LogP contribution in [-0.2, 0) is 6.42 Å². The number of hydrogen-bond acceptors (Lipinski definition) is 3. The van der Waals surface area contributed by atoms with Crippen molar-refractivity contribution in [2.24, 2.45) is 0 Å². The van der Waals surface area contributed by atoms with E-state index in [9.17, 15) is 4.79 Å². The van der Waals surface area contributed by atoms with Gasteiger partial charge in [-0.25, -0.2) is 0 Å². The molecule has 1 aliphatic heterocycles. The van der Waals surface area contributed by atoms with Gasteiger partial charge in [0.15, 0.2) is 5.69 Å². The van der Waals surface area contributed by atoms with Crippen LogP contribution in [0.25, 0.3) is 0 Å². The molecule has 1 saturated carbocycles. The molecule has 2 N–H and O–H groups in total. The molecule has 0 spiro atoms. The predicted octanol–water partition coefficient (Wildman–Crippen LogP) is 2.81. The number of carbonyl (C=O) groups is 1. The van der Waals surface area contributed by atoms with Crippen LogP contribution in [0.5, 0.6) is 0 Å². The van der Waals surface area contributed by atoms with Crippen molar-refractivity contribution in [2.75, 3.05) is 19.6 Å². The third-order valence-corrected chi connectivity index (χ3v) is 5.59. The maximum absolute atomic E-state index is 12.8. The molecule has 23 heavy (non-hydrogen) atoms. The van der Waals surface area contributed by atoms with E-state index in [0.29, 0.717) is 5.69 Å². The summed E-state index contributed by atoms with van der Waals surface area (Å²) in [6, 6.07) is 0. The summed E-state index contributed by atoms with van der Waals surface area (Å²) in [5, 5.41) is 10.7. The molecule has 1 aromatic heterocycles. The number of likely N-dealkylation sites (tertiary alicyclic amines) is 1. The first-order chi connectivity index (χ1) is 11.1. The van der Waals surface area contributed by atoms with E-state index in [0.717, 1.165) is 37.1 Å². The molecule has 1 aromatic rings. The van der Waals surface area contributed by atoms with Crippen molar-refractivity contribution in [2.45, 2.75) is 70.8 Å². The van der Waals surface area contributed by atoms with Gasteiger partial charge in [0, 0.05) is 17.8 Å². The van der Waals surface area contributed by atoms with Crippen LogP contribution in [-0.4, -0.2) is 46.2 Å². The summed E-state index contributed by atoms with van der Waals surface area (Å²) in [5.41, 5.74) is 2.58. The molecule has 128 valence electrons. The Balaban J connectivity index is 1.74. The second kappa shape index (κ2) is 7.04. The summed E-state index contributed by atoms with van der Waals surface area (Å²) in [6.45, 7) is 7.43. The number of H-pyrrole nitrogens is 1. The fourth-order valence-electron chi connectivity index (χ4n) is 4.22. The third kappa shape index (κ3) is 3.60. The minimum Gasteiger partial charge on any atom is -0.344 e. The summed E-state index contributed by atoms with van der Waals surface area (Å²) in [5.74, 6) is -0.000420. The zero-order valence-corrected chi connectivity index (χ0v) is 14.6. The number of amides is 1. The fourth-order valence-corrected chi connectivity index (χ4v) is 4.22. The Morgan fingerprint density at radius 2 is 1.91 bits per heavy atom. The van der Waals surface area contributed by atoms with E-state index < -0.39 is 0 Å².